The molecule has 0 spiro atoms. The molecule has 0 aliphatic carbocycles. The highest BCUT2D eigenvalue weighted by molar-refractivity contribution is 5.96. The van der Waals surface area contributed by atoms with Crippen molar-refractivity contribution in [3.8, 4) is 5.75 Å². The van der Waals surface area contributed by atoms with Crippen LogP contribution in [0.15, 0.2) is 47.6 Å². The van der Waals surface area contributed by atoms with Crippen LogP contribution in [-0.4, -0.2) is 36.2 Å². The number of carbonyl (C=O) groups is 1. The third kappa shape index (κ3) is 4.07. The number of phenols is 1. The number of nitro benzene ring substituents is 1. The molecule has 8 nitrogen and oxygen atoms in total. The first-order valence-corrected chi connectivity index (χ1v) is 6.96. The van der Waals surface area contributed by atoms with Gasteiger partial charge in [-0.1, -0.05) is 6.07 Å². The van der Waals surface area contributed by atoms with Gasteiger partial charge in [-0.15, -0.1) is 0 Å². The smallest absolute Gasteiger partial charge is 0.271 e. The molecule has 2 N–H and O–H groups in total. The Morgan fingerprint density at radius 2 is 2.04 bits per heavy atom. The second-order valence-electron chi connectivity index (χ2n) is 5.14. The van der Waals surface area contributed by atoms with E-state index in [0.29, 0.717) is 5.56 Å². The van der Waals surface area contributed by atoms with E-state index in [0.717, 1.165) is 18.0 Å². The predicted molar refractivity (Wildman–Crippen MR) is 90.6 cm³/mol. The number of nitrogens with one attached hydrogen (secondary N) is 1. The van der Waals surface area contributed by atoms with Crippen LogP contribution < -0.4 is 10.3 Å². The van der Waals surface area contributed by atoms with Gasteiger partial charge in [0, 0.05) is 43.0 Å². The number of carbonyl (C=O) groups excluding carboxylic acids is 1. The van der Waals surface area contributed by atoms with E-state index in [4.69, 9.17) is 0 Å². The Morgan fingerprint density at radius 1 is 1.29 bits per heavy atom. The Balaban J connectivity index is 2.11. The van der Waals surface area contributed by atoms with E-state index >= 15 is 0 Å². The van der Waals surface area contributed by atoms with Gasteiger partial charge < -0.3 is 10.0 Å². The topological polar surface area (TPSA) is 108 Å². The van der Waals surface area contributed by atoms with E-state index in [-0.39, 0.29) is 17.0 Å². The van der Waals surface area contributed by atoms with Crippen molar-refractivity contribution in [3.05, 3.63) is 63.7 Å². The first-order chi connectivity index (χ1) is 11.4. The minimum atomic E-state index is -0.581. The summed E-state index contributed by atoms with van der Waals surface area (Å²) in [5.41, 5.74) is 3.55. The highest BCUT2D eigenvalue weighted by Crippen LogP contribution is 2.21. The molecule has 1 amide bonds. The average Bonchev–Trinajstić information content (AvgIpc) is 2.56. The molecule has 0 unspecified atom stereocenters. The van der Waals surface area contributed by atoms with Gasteiger partial charge >= 0.3 is 0 Å². The molecule has 8 heteroatoms. The van der Waals surface area contributed by atoms with E-state index < -0.39 is 10.8 Å². The molecule has 0 aromatic heterocycles. The SMILES string of the molecule is CN(C)c1cccc(C(=O)N/N=C\c2cc([N+](=O)[O-])ccc2O)c1. The number of amides is 1. The summed E-state index contributed by atoms with van der Waals surface area (Å²) in [6.45, 7) is 0. The number of anilines is 1. The normalized spacial score (nSPS) is 10.6. The third-order valence-corrected chi connectivity index (χ3v) is 3.22. The van der Waals surface area contributed by atoms with Gasteiger partial charge in [-0.2, -0.15) is 5.10 Å². The Kier molecular flexibility index (Phi) is 5.10. The molecule has 0 fully saturated rings. The number of hydrogen-bond donors (Lipinski definition) is 2. The van der Waals surface area contributed by atoms with Gasteiger partial charge in [-0.3, -0.25) is 14.9 Å². The third-order valence-electron chi connectivity index (χ3n) is 3.22. The maximum atomic E-state index is 12.1. The summed E-state index contributed by atoms with van der Waals surface area (Å²) in [5.74, 6) is -0.604. The number of non-ortho nitro benzene ring substituents is 1. The maximum Gasteiger partial charge on any atom is 0.271 e. The van der Waals surface area contributed by atoms with Crippen LogP contribution in [0.3, 0.4) is 0 Å². The lowest BCUT2D eigenvalue weighted by molar-refractivity contribution is -0.384. The van der Waals surface area contributed by atoms with E-state index in [1.807, 2.05) is 25.1 Å². The molecule has 0 aliphatic rings. The summed E-state index contributed by atoms with van der Waals surface area (Å²) in [7, 11) is 3.72. The molecule has 0 aliphatic heterocycles. The van der Waals surface area contributed by atoms with Crippen molar-refractivity contribution in [1.29, 1.82) is 0 Å². The lowest BCUT2D eigenvalue weighted by Gasteiger charge is -2.12. The van der Waals surface area contributed by atoms with Gasteiger partial charge in [0.15, 0.2) is 0 Å². The van der Waals surface area contributed by atoms with Crippen LogP contribution >= 0.6 is 0 Å². The summed E-state index contributed by atoms with van der Waals surface area (Å²) < 4.78 is 0. The van der Waals surface area contributed by atoms with Crippen LogP contribution in [0.4, 0.5) is 11.4 Å². The number of nitrogens with zero attached hydrogens (tertiary/aromatic N) is 3. The van der Waals surface area contributed by atoms with Gasteiger partial charge in [0.25, 0.3) is 11.6 Å². The van der Waals surface area contributed by atoms with E-state index in [2.05, 4.69) is 10.5 Å². The van der Waals surface area contributed by atoms with E-state index in [9.17, 15) is 20.0 Å². The standard InChI is InChI=1S/C16H16N4O4/c1-19(2)13-5-3-4-11(8-13)16(22)18-17-10-12-9-14(20(23)24)6-7-15(12)21/h3-10,21H,1-2H3,(H,18,22)/b17-10-. The molecule has 0 bridgehead atoms. The zero-order chi connectivity index (χ0) is 17.7. The van der Waals surface area contributed by atoms with Crippen molar-refractivity contribution < 1.29 is 14.8 Å². The van der Waals surface area contributed by atoms with Crippen LogP contribution in [-0.2, 0) is 0 Å². The van der Waals surface area contributed by atoms with Crippen LogP contribution in [0.25, 0.3) is 0 Å². The van der Waals surface area contributed by atoms with Crippen molar-refractivity contribution in [2.75, 3.05) is 19.0 Å². The average molecular weight is 328 g/mol. The highest BCUT2D eigenvalue weighted by atomic mass is 16.6. The summed E-state index contributed by atoms with van der Waals surface area (Å²) >= 11 is 0. The molecule has 0 saturated carbocycles. The summed E-state index contributed by atoms with van der Waals surface area (Å²) in [6, 6.07) is 10.5. The number of hydrazone groups is 1. The molecular weight excluding hydrogens is 312 g/mol. The molecule has 24 heavy (non-hydrogen) atoms. The largest absolute Gasteiger partial charge is 0.507 e. The molecule has 0 radical (unpaired) electrons. The molecule has 2 aromatic rings. The maximum absolute atomic E-state index is 12.1. The lowest BCUT2D eigenvalue weighted by Crippen LogP contribution is -2.18. The molecule has 124 valence electrons. The number of benzene rings is 2. The summed E-state index contributed by atoms with van der Waals surface area (Å²) in [5, 5.41) is 24.1. The zero-order valence-corrected chi connectivity index (χ0v) is 13.1. The van der Waals surface area contributed by atoms with Crippen LogP contribution in [0.2, 0.25) is 0 Å². The minimum absolute atomic E-state index is 0.131. The van der Waals surface area contributed by atoms with Gasteiger partial charge in [0.2, 0.25) is 0 Å². The quantitative estimate of drug-likeness (QED) is 0.496. The van der Waals surface area contributed by atoms with Crippen molar-refractivity contribution in [1.82, 2.24) is 5.43 Å². The molecule has 2 rings (SSSR count). The van der Waals surface area contributed by atoms with Gasteiger partial charge in [-0.25, -0.2) is 5.43 Å². The summed E-state index contributed by atoms with van der Waals surface area (Å²) in [4.78, 5) is 24.1. The second kappa shape index (κ2) is 7.23. The molecule has 2 aromatic carbocycles. The number of nitro groups is 1. The number of hydrogen-bond acceptors (Lipinski definition) is 6. The van der Waals surface area contributed by atoms with Crippen molar-refractivity contribution in [3.63, 3.8) is 0 Å². The van der Waals surface area contributed by atoms with Crippen molar-refractivity contribution >= 4 is 23.5 Å². The molecular formula is C16H16N4O4. The number of aromatic hydroxyl groups is 1. The van der Waals surface area contributed by atoms with Crippen LogP contribution in [0, 0.1) is 10.1 Å². The van der Waals surface area contributed by atoms with Crippen molar-refractivity contribution in [2.45, 2.75) is 0 Å². The molecule has 0 heterocycles. The van der Waals surface area contributed by atoms with Crippen molar-refractivity contribution in [2.24, 2.45) is 5.10 Å². The Labute approximate surface area is 138 Å². The van der Waals surface area contributed by atoms with Gasteiger partial charge in [-0.05, 0) is 24.3 Å². The summed E-state index contributed by atoms with van der Waals surface area (Å²) in [6.07, 6.45) is 1.15. The van der Waals surface area contributed by atoms with Crippen LogP contribution in [0.5, 0.6) is 5.75 Å². The van der Waals surface area contributed by atoms with Gasteiger partial charge in [0.1, 0.15) is 5.75 Å². The van der Waals surface area contributed by atoms with Gasteiger partial charge in [0.05, 0.1) is 11.1 Å². The minimum Gasteiger partial charge on any atom is -0.507 e. The van der Waals surface area contributed by atoms with E-state index in [1.165, 1.54) is 12.1 Å². The predicted octanol–water partition coefficient (Wildman–Crippen LogP) is 2.13. The number of phenolic OH excluding ortho intramolecular Hbond substituents is 1. The Hall–Kier alpha value is -3.42. The Morgan fingerprint density at radius 3 is 2.71 bits per heavy atom. The first kappa shape index (κ1) is 16.9. The molecule has 0 atom stereocenters. The van der Waals surface area contributed by atoms with Crippen LogP contribution in [0.1, 0.15) is 15.9 Å². The highest BCUT2D eigenvalue weighted by Gasteiger charge is 2.09. The number of rotatable bonds is 5. The fourth-order valence-corrected chi connectivity index (χ4v) is 1.91. The lowest BCUT2D eigenvalue weighted by atomic mass is 10.2. The zero-order valence-electron chi connectivity index (χ0n) is 13.1. The Bertz CT molecular complexity index is 802. The monoisotopic (exact) mass is 328 g/mol. The molecule has 0 saturated heterocycles. The van der Waals surface area contributed by atoms with E-state index in [1.54, 1.807) is 18.2 Å². The second-order valence-corrected chi connectivity index (χ2v) is 5.14. The fourth-order valence-electron chi connectivity index (χ4n) is 1.91. The first-order valence-electron chi connectivity index (χ1n) is 6.96. The fraction of sp³-hybridized carbons (Fsp3) is 0.125.